The summed E-state index contributed by atoms with van der Waals surface area (Å²) in [4.78, 5) is 30.1. The minimum atomic E-state index is -4.23. The van der Waals surface area contributed by atoms with E-state index < -0.39 is 12.6 Å². The first-order valence-electron chi connectivity index (χ1n) is 8.36. The average Bonchev–Trinajstić information content (AvgIpc) is 3.21. The summed E-state index contributed by atoms with van der Waals surface area (Å²) in [6, 6.07) is 0. The van der Waals surface area contributed by atoms with Crippen molar-refractivity contribution in [2.75, 3.05) is 26.7 Å². The Morgan fingerprint density at radius 2 is 1.69 bits per heavy atom. The number of nitrogens with one attached hydrogen (secondary N) is 2. The van der Waals surface area contributed by atoms with Gasteiger partial charge in [0.1, 0.15) is 0 Å². The van der Waals surface area contributed by atoms with Crippen LogP contribution in [0.5, 0.6) is 0 Å². The van der Waals surface area contributed by atoms with Gasteiger partial charge in [-0.15, -0.1) is 24.0 Å². The summed E-state index contributed by atoms with van der Waals surface area (Å²) in [5.41, 5.74) is 0. The summed E-state index contributed by atoms with van der Waals surface area (Å²) in [5.74, 6) is -0.173. The van der Waals surface area contributed by atoms with Gasteiger partial charge in [0.05, 0.1) is 18.3 Å². The van der Waals surface area contributed by atoms with E-state index in [1.165, 1.54) is 11.9 Å². The van der Waals surface area contributed by atoms with Crippen LogP contribution in [-0.2, 0) is 9.59 Å². The van der Waals surface area contributed by atoms with E-state index in [2.05, 4.69) is 15.6 Å². The van der Waals surface area contributed by atoms with E-state index >= 15 is 0 Å². The summed E-state index contributed by atoms with van der Waals surface area (Å²) in [6.45, 7) is 0.138. The number of carbonyl (C=O) groups excluding carboxylic acids is 2. The van der Waals surface area contributed by atoms with Gasteiger partial charge in [0.2, 0.25) is 11.8 Å². The molecule has 1 saturated carbocycles. The van der Waals surface area contributed by atoms with Crippen molar-refractivity contribution in [1.82, 2.24) is 15.5 Å². The molecule has 2 fully saturated rings. The lowest BCUT2D eigenvalue weighted by Crippen LogP contribution is -2.44. The second-order valence-electron chi connectivity index (χ2n) is 6.62. The molecular weight excluding hydrogens is 464 g/mol. The molecule has 1 aliphatic heterocycles. The first-order chi connectivity index (χ1) is 11.8. The maximum atomic E-state index is 12.5. The molecular formula is C16H22F3IN4O2. The van der Waals surface area contributed by atoms with Crippen LogP contribution < -0.4 is 10.6 Å². The molecule has 3 aliphatic rings. The van der Waals surface area contributed by atoms with Crippen molar-refractivity contribution in [3.05, 3.63) is 12.2 Å². The van der Waals surface area contributed by atoms with E-state index in [0.717, 1.165) is 6.42 Å². The van der Waals surface area contributed by atoms with Crippen molar-refractivity contribution in [1.29, 1.82) is 0 Å². The van der Waals surface area contributed by atoms with Gasteiger partial charge in [0.15, 0.2) is 5.96 Å². The molecule has 4 atom stereocenters. The highest BCUT2D eigenvalue weighted by atomic mass is 127. The molecule has 2 aliphatic carbocycles. The van der Waals surface area contributed by atoms with E-state index in [4.69, 9.17) is 0 Å². The number of rotatable bonds is 5. The molecule has 0 aromatic carbocycles. The summed E-state index contributed by atoms with van der Waals surface area (Å²) in [7, 11) is 1.45. The Bertz CT molecular complexity index is 593. The zero-order valence-electron chi connectivity index (χ0n) is 14.3. The van der Waals surface area contributed by atoms with Gasteiger partial charge in [-0.05, 0) is 18.3 Å². The number of fused-ring (bicyclic) bond motifs is 5. The van der Waals surface area contributed by atoms with Crippen LogP contribution in [0.15, 0.2) is 17.1 Å². The molecule has 1 heterocycles. The highest BCUT2D eigenvalue weighted by molar-refractivity contribution is 14.0. The monoisotopic (exact) mass is 486 g/mol. The molecule has 10 heteroatoms. The van der Waals surface area contributed by atoms with Crippen LogP contribution in [0.3, 0.4) is 0 Å². The number of amides is 2. The minimum Gasteiger partial charge on any atom is -0.356 e. The van der Waals surface area contributed by atoms with E-state index in [1.807, 2.05) is 12.2 Å². The molecule has 6 nitrogen and oxygen atoms in total. The average molecular weight is 486 g/mol. The number of imide groups is 1. The highest BCUT2D eigenvalue weighted by Gasteiger charge is 2.58. The standard InChI is InChI=1S/C16H21F3N4O2.HI/c1-20-15(21-5-4-16(17,18)19)22-6-7-23-13(24)11-9-2-3-10(8-9)12(11)14(23)25;/h2-3,9-12H,4-8H2,1H3,(H2,20,21,22);1H. The van der Waals surface area contributed by atoms with Gasteiger partial charge < -0.3 is 10.6 Å². The highest BCUT2D eigenvalue weighted by Crippen LogP contribution is 2.52. The van der Waals surface area contributed by atoms with Crippen LogP contribution in [0.2, 0.25) is 0 Å². The van der Waals surface area contributed by atoms with E-state index in [1.54, 1.807) is 0 Å². The number of allylic oxidation sites excluding steroid dienone is 2. The predicted octanol–water partition coefficient (Wildman–Crippen LogP) is 1.53. The lowest BCUT2D eigenvalue weighted by molar-refractivity contribution is -0.140. The minimum absolute atomic E-state index is 0. The maximum absolute atomic E-state index is 12.5. The molecule has 4 unspecified atom stereocenters. The van der Waals surface area contributed by atoms with Crippen molar-refractivity contribution >= 4 is 41.8 Å². The largest absolute Gasteiger partial charge is 0.390 e. The molecule has 0 aromatic rings. The van der Waals surface area contributed by atoms with Gasteiger partial charge in [-0.25, -0.2) is 0 Å². The molecule has 2 amide bonds. The quantitative estimate of drug-likeness (QED) is 0.203. The van der Waals surface area contributed by atoms with Gasteiger partial charge in [-0.2, -0.15) is 13.2 Å². The van der Waals surface area contributed by atoms with Crippen molar-refractivity contribution in [2.24, 2.45) is 28.7 Å². The molecule has 0 spiro atoms. The number of aliphatic imine (C=N–C) groups is 1. The number of halogens is 4. The lowest BCUT2D eigenvalue weighted by Gasteiger charge is -2.18. The molecule has 146 valence electrons. The molecule has 2 N–H and O–H groups in total. The van der Waals surface area contributed by atoms with Crippen LogP contribution in [0.4, 0.5) is 13.2 Å². The van der Waals surface area contributed by atoms with Crippen LogP contribution >= 0.6 is 24.0 Å². The maximum Gasteiger partial charge on any atom is 0.390 e. The van der Waals surface area contributed by atoms with Crippen molar-refractivity contribution < 1.29 is 22.8 Å². The van der Waals surface area contributed by atoms with Crippen LogP contribution in [0.25, 0.3) is 0 Å². The molecule has 0 radical (unpaired) electrons. The number of likely N-dealkylation sites (tertiary alicyclic amines) is 1. The summed E-state index contributed by atoms with van der Waals surface area (Å²) >= 11 is 0. The van der Waals surface area contributed by atoms with Crippen molar-refractivity contribution in [3.8, 4) is 0 Å². The second kappa shape index (κ2) is 8.13. The Morgan fingerprint density at radius 3 is 2.19 bits per heavy atom. The third kappa shape index (κ3) is 4.15. The Labute approximate surface area is 166 Å². The molecule has 26 heavy (non-hydrogen) atoms. The SMILES string of the molecule is CN=C(NCCN1C(=O)C2C3C=CC(C3)C2C1=O)NCCC(F)(F)F.I. The fourth-order valence-electron chi connectivity index (χ4n) is 4.01. The topological polar surface area (TPSA) is 73.8 Å². The van der Waals surface area contributed by atoms with Crippen LogP contribution in [0.1, 0.15) is 12.8 Å². The fraction of sp³-hybridized carbons (Fsp3) is 0.688. The van der Waals surface area contributed by atoms with E-state index in [9.17, 15) is 22.8 Å². The Balaban J connectivity index is 0.00000243. The Hall–Kier alpha value is -1.33. The Kier molecular flexibility index (Phi) is 6.56. The molecule has 0 aromatic heterocycles. The van der Waals surface area contributed by atoms with E-state index in [0.29, 0.717) is 0 Å². The predicted molar refractivity (Wildman–Crippen MR) is 99.9 cm³/mol. The van der Waals surface area contributed by atoms with Gasteiger partial charge in [-0.3, -0.25) is 19.5 Å². The third-order valence-corrected chi connectivity index (χ3v) is 5.11. The molecule has 2 bridgehead atoms. The zero-order valence-corrected chi connectivity index (χ0v) is 16.6. The van der Waals surface area contributed by atoms with Gasteiger partial charge in [0, 0.05) is 26.7 Å². The first-order valence-corrected chi connectivity index (χ1v) is 8.36. The van der Waals surface area contributed by atoms with E-state index in [-0.39, 0.29) is 85.1 Å². The van der Waals surface area contributed by atoms with Crippen LogP contribution in [0, 0.1) is 23.7 Å². The summed E-state index contributed by atoms with van der Waals surface area (Å²) in [6.07, 6.45) is -0.244. The number of alkyl halides is 3. The number of hydrogen-bond acceptors (Lipinski definition) is 3. The third-order valence-electron chi connectivity index (χ3n) is 5.11. The number of hydrogen-bond donors (Lipinski definition) is 2. The van der Waals surface area contributed by atoms with Crippen LogP contribution in [-0.4, -0.2) is 55.5 Å². The van der Waals surface area contributed by atoms with Crippen molar-refractivity contribution in [3.63, 3.8) is 0 Å². The normalized spacial score (nSPS) is 29.8. The van der Waals surface area contributed by atoms with Gasteiger partial charge in [0.25, 0.3) is 0 Å². The van der Waals surface area contributed by atoms with Crippen molar-refractivity contribution in [2.45, 2.75) is 19.0 Å². The summed E-state index contributed by atoms with van der Waals surface area (Å²) < 4.78 is 36.4. The Morgan fingerprint density at radius 1 is 1.15 bits per heavy atom. The fourth-order valence-corrected chi connectivity index (χ4v) is 4.01. The molecule has 3 rings (SSSR count). The number of carbonyl (C=O) groups is 2. The smallest absolute Gasteiger partial charge is 0.356 e. The number of guanidine groups is 1. The first kappa shape index (κ1) is 21.0. The lowest BCUT2D eigenvalue weighted by atomic mass is 9.85. The second-order valence-corrected chi connectivity index (χ2v) is 6.62. The van der Waals surface area contributed by atoms with Gasteiger partial charge in [-0.1, -0.05) is 12.2 Å². The zero-order chi connectivity index (χ0) is 18.2. The summed E-state index contributed by atoms with van der Waals surface area (Å²) in [5, 5.41) is 5.40. The van der Waals surface area contributed by atoms with Gasteiger partial charge >= 0.3 is 6.18 Å². The molecule has 1 saturated heterocycles. The number of nitrogens with zero attached hydrogens (tertiary/aromatic N) is 2.